The van der Waals surface area contributed by atoms with E-state index in [2.05, 4.69) is 15.3 Å². The highest BCUT2D eigenvalue weighted by atomic mass is 35.5. The average molecular weight is 395 g/mol. The highest BCUT2D eigenvalue weighted by Gasteiger charge is 2.25. The molecule has 0 unspecified atom stereocenters. The van der Waals surface area contributed by atoms with Gasteiger partial charge >= 0.3 is 0 Å². The van der Waals surface area contributed by atoms with Crippen LogP contribution in [0.2, 0.25) is 10.0 Å². The number of halogens is 2. The summed E-state index contributed by atoms with van der Waals surface area (Å²) in [7, 11) is 0. The Bertz CT molecular complexity index is 818. The number of nitrogens with zero attached hydrogens (tertiary/aromatic N) is 3. The second-order valence-corrected chi connectivity index (χ2v) is 7.13. The third-order valence-electron chi connectivity index (χ3n) is 4.54. The van der Waals surface area contributed by atoms with Crippen LogP contribution in [0.3, 0.4) is 0 Å². The van der Waals surface area contributed by atoms with E-state index in [0.717, 1.165) is 31.5 Å². The van der Waals surface area contributed by atoms with Crippen molar-refractivity contribution >= 4 is 29.1 Å². The smallest absolute Gasteiger partial charge is 0.288 e. The first-order chi connectivity index (χ1) is 12.5. The van der Waals surface area contributed by atoms with Crippen molar-refractivity contribution < 1.29 is 4.79 Å². The van der Waals surface area contributed by atoms with E-state index < -0.39 is 5.56 Å². The van der Waals surface area contributed by atoms with Gasteiger partial charge < -0.3 is 5.32 Å². The first-order valence-corrected chi connectivity index (χ1v) is 9.25. The lowest BCUT2D eigenvalue weighted by Gasteiger charge is -2.31. The summed E-state index contributed by atoms with van der Waals surface area (Å²) in [6, 6.07) is 9.85. The molecule has 1 aromatic carbocycles. The topological polar surface area (TPSA) is 67.2 Å². The van der Waals surface area contributed by atoms with Crippen molar-refractivity contribution in [2.45, 2.75) is 26.1 Å². The molecule has 26 heavy (non-hydrogen) atoms. The maximum absolute atomic E-state index is 12.3. The Hall–Kier alpha value is -1.89. The predicted molar refractivity (Wildman–Crippen MR) is 101 cm³/mol. The van der Waals surface area contributed by atoms with Gasteiger partial charge in [0.1, 0.15) is 5.02 Å². The van der Waals surface area contributed by atoms with E-state index in [1.165, 1.54) is 10.9 Å². The molecule has 6 nitrogen and oxygen atoms in total. The normalized spacial score (nSPS) is 15.8. The summed E-state index contributed by atoms with van der Waals surface area (Å²) in [5, 5.41) is 7.15. The van der Waals surface area contributed by atoms with Crippen molar-refractivity contribution in [1.82, 2.24) is 20.0 Å². The Balaban J connectivity index is 1.49. The standard InChI is InChI=1S/C18H20Cl2N4O2/c19-15-11-22-24(18(26)16(15)20)12-23-8-6-14(7-9-23)17(25)21-10-13-4-2-1-3-5-13/h1-5,11,14H,6-10,12H2,(H,21,25). The molecule has 1 amide bonds. The van der Waals surface area contributed by atoms with Crippen LogP contribution in [0.5, 0.6) is 0 Å². The van der Waals surface area contributed by atoms with Crippen molar-refractivity contribution in [2.24, 2.45) is 5.92 Å². The SMILES string of the molecule is O=C(NCc1ccccc1)C1CCN(Cn2ncc(Cl)c(Cl)c2=O)CC1. The molecule has 0 aliphatic carbocycles. The molecule has 0 spiro atoms. The van der Waals surface area contributed by atoms with Crippen LogP contribution in [0.25, 0.3) is 0 Å². The second kappa shape index (κ2) is 8.66. The van der Waals surface area contributed by atoms with Gasteiger partial charge in [0.05, 0.1) is 17.9 Å². The molecule has 1 aromatic heterocycles. The number of benzene rings is 1. The molecule has 1 N–H and O–H groups in total. The zero-order valence-corrected chi connectivity index (χ0v) is 15.7. The molecular formula is C18H20Cl2N4O2. The average Bonchev–Trinajstić information content (AvgIpc) is 2.68. The van der Waals surface area contributed by atoms with Crippen LogP contribution in [0.15, 0.2) is 41.3 Å². The molecule has 0 saturated carbocycles. The first-order valence-electron chi connectivity index (χ1n) is 8.49. The van der Waals surface area contributed by atoms with Gasteiger partial charge in [-0.05, 0) is 18.4 Å². The molecule has 2 heterocycles. The van der Waals surface area contributed by atoms with Crippen molar-refractivity contribution in [2.75, 3.05) is 13.1 Å². The Labute approximate surface area is 161 Å². The number of rotatable bonds is 5. The Morgan fingerprint density at radius 3 is 2.58 bits per heavy atom. The number of carbonyl (C=O) groups excluding carboxylic acids is 1. The van der Waals surface area contributed by atoms with Gasteiger partial charge in [-0.15, -0.1) is 0 Å². The molecule has 1 fully saturated rings. The molecule has 0 atom stereocenters. The highest BCUT2D eigenvalue weighted by Crippen LogP contribution is 2.19. The quantitative estimate of drug-likeness (QED) is 0.845. The number of carbonyl (C=O) groups is 1. The number of hydrogen-bond acceptors (Lipinski definition) is 4. The molecule has 1 saturated heterocycles. The third-order valence-corrected chi connectivity index (χ3v) is 5.29. The maximum Gasteiger partial charge on any atom is 0.288 e. The third kappa shape index (κ3) is 4.63. The molecule has 1 aliphatic rings. The zero-order valence-electron chi connectivity index (χ0n) is 14.2. The number of likely N-dealkylation sites (tertiary alicyclic amines) is 1. The van der Waals surface area contributed by atoms with Crippen molar-refractivity contribution in [3.05, 3.63) is 62.5 Å². The molecule has 3 rings (SSSR count). The van der Waals surface area contributed by atoms with Crippen molar-refractivity contribution in [3.63, 3.8) is 0 Å². The van der Waals surface area contributed by atoms with Gasteiger partial charge in [0.15, 0.2) is 0 Å². The molecule has 2 aromatic rings. The number of aromatic nitrogens is 2. The summed E-state index contributed by atoms with van der Waals surface area (Å²) in [6.45, 7) is 2.33. The number of piperidine rings is 1. The molecule has 0 radical (unpaired) electrons. The predicted octanol–water partition coefficient (Wildman–Crippen LogP) is 2.54. The van der Waals surface area contributed by atoms with Gasteiger partial charge in [0.25, 0.3) is 5.56 Å². The maximum atomic E-state index is 12.3. The summed E-state index contributed by atoms with van der Waals surface area (Å²) in [4.78, 5) is 26.5. The summed E-state index contributed by atoms with van der Waals surface area (Å²) in [5.74, 6) is 0.0757. The fourth-order valence-electron chi connectivity index (χ4n) is 3.00. The summed E-state index contributed by atoms with van der Waals surface area (Å²) in [5.41, 5.74) is 0.685. The molecule has 1 aliphatic heterocycles. The summed E-state index contributed by atoms with van der Waals surface area (Å²) >= 11 is 11.7. The zero-order chi connectivity index (χ0) is 18.5. The minimum absolute atomic E-state index is 0.00607. The van der Waals surface area contributed by atoms with Crippen molar-refractivity contribution in [1.29, 1.82) is 0 Å². The van der Waals surface area contributed by atoms with E-state index in [4.69, 9.17) is 23.2 Å². The second-order valence-electron chi connectivity index (χ2n) is 6.35. The van der Waals surface area contributed by atoms with Crippen molar-refractivity contribution in [3.8, 4) is 0 Å². The van der Waals surface area contributed by atoms with Crippen LogP contribution >= 0.6 is 23.2 Å². The lowest BCUT2D eigenvalue weighted by molar-refractivity contribution is -0.126. The lowest BCUT2D eigenvalue weighted by atomic mass is 9.96. The minimum Gasteiger partial charge on any atom is -0.352 e. The number of amides is 1. The van der Waals surface area contributed by atoms with Gasteiger partial charge in [-0.3, -0.25) is 14.5 Å². The van der Waals surface area contributed by atoms with Gasteiger partial charge in [-0.2, -0.15) is 5.10 Å². The van der Waals surface area contributed by atoms with Gasteiger partial charge in [0.2, 0.25) is 5.91 Å². The molecular weight excluding hydrogens is 375 g/mol. The van der Waals surface area contributed by atoms with E-state index in [1.54, 1.807) is 0 Å². The monoisotopic (exact) mass is 394 g/mol. The molecule has 138 valence electrons. The van der Waals surface area contributed by atoms with Crippen LogP contribution in [0, 0.1) is 5.92 Å². The van der Waals surface area contributed by atoms with Gasteiger partial charge in [0, 0.05) is 25.6 Å². The van der Waals surface area contributed by atoms with E-state index in [9.17, 15) is 9.59 Å². The Kier molecular flexibility index (Phi) is 6.29. The van der Waals surface area contributed by atoms with E-state index >= 15 is 0 Å². The van der Waals surface area contributed by atoms with E-state index in [0.29, 0.717) is 13.2 Å². The highest BCUT2D eigenvalue weighted by molar-refractivity contribution is 6.41. The molecule has 8 heteroatoms. The summed E-state index contributed by atoms with van der Waals surface area (Å²) < 4.78 is 1.30. The van der Waals surface area contributed by atoms with E-state index in [-0.39, 0.29) is 21.9 Å². The number of nitrogens with one attached hydrogen (secondary N) is 1. The van der Waals surface area contributed by atoms with Crippen LogP contribution in [0.4, 0.5) is 0 Å². The van der Waals surface area contributed by atoms with Crippen LogP contribution in [-0.2, 0) is 18.0 Å². The fraction of sp³-hybridized carbons (Fsp3) is 0.389. The first kappa shape index (κ1) is 18.9. The fourth-order valence-corrected chi connectivity index (χ4v) is 3.27. The van der Waals surface area contributed by atoms with Gasteiger partial charge in [-0.1, -0.05) is 53.5 Å². The Morgan fingerprint density at radius 1 is 1.19 bits per heavy atom. The minimum atomic E-state index is -0.401. The summed E-state index contributed by atoms with van der Waals surface area (Å²) in [6.07, 6.45) is 2.86. The number of hydrogen-bond donors (Lipinski definition) is 1. The van der Waals surface area contributed by atoms with Crippen LogP contribution in [0.1, 0.15) is 18.4 Å². The Morgan fingerprint density at radius 2 is 1.88 bits per heavy atom. The van der Waals surface area contributed by atoms with Crippen LogP contribution in [-0.4, -0.2) is 33.7 Å². The lowest BCUT2D eigenvalue weighted by Crippen LogP contribution is -2.42. The molecule has 0 bridgehead atoms. The van der Waals surface area contributed by atoms with E-state index in [1.807, 2.05) is 30.3 Å². The van der Waals surface area contributed by atoms with Gasteiger partial charge in [-0.25, -0.2) is 4.68 Å². The van der Waals surface area contributed by atoms with Crippen LogP contribution < -0.4 is 10.9 Å². The largest absolute Gasteiger partial charge is 0.352 e.